The summed E-state index contributed by atoms with van der Waals surface area (Å²) >= 11 is 0. The molecule has 0 radical (unpaired) electrons. The third kappa shape index (κ3) is 1.52. The van der Waals surface area contributed by atoms with Gasteiger partial charge in [0.1, 0.15) is 0 Å². The zero-order valence-corrected chi connectivity index (χ0v) is 9.92. The molecule has 0 aromatic carbocycles. The van der Waals surface area contributed by atoms with E-state index in [0.29, 0.717) is 0 Å². The summed E-state index contributed by atoms with van der Waals surface area (Å²) < 4.78 is 0. The summed E-state index contributed by atoms with van der Waals surface area (Å²) in [5.41, 5.74) is 2.91. The zero-order valence-electron chi connectivity index (χ0n) is 9.92. The molecule has 1 atom stereocenters. The maximum absolute atomic E-state index is 4.53. The largest absolute Gasteiger partial charge is 0.352 e. The van der Waals surface area contributed by atoms with Crippen LogP contribution in [0.25, 0.3) is 0 Å². The standard InChI is InChI=1S/C12H20N4/c1-2-9-3-4-10-11(9)14-15-12(10)16-7-5-13-6-8-16/h9,13H,2-8H2,1H3,(H,14,15). The van der Waals surface area contributed by atoms with Crippen LogP contribution in [-0.2, 0) is 6.42 Å². The molecule has 1 aliphatic heterocycles. The van der Waals surface area contributed by atoms with E-state index in [2.05, 4.69) is 27.3 Å². The summed E-state index contributed by atoms with van der Waals surface area (Å²) in [4.78, 5) is 2.42. The Bertz CT molecular complexity index is 365. The van der Waals surface area contributed by atoms with Crippen LogP contribution in [0.4, 0.5) is 5.82 Å². The van der Waals surface area contributed by atoms with Crippen LogP contribution >= 0.6 is 0 Å². The summed E-state index contributed by atoms with van der Waals surface area (Å²) in [5, 5.41) is 11.2. The van der Waals surface area contributed by atoms with E-state index in [1.165, 1.54) is 36.3 Å². The van der Waals surface area contributed by atoms with E-state index >= 15 is 0 Å². The van der Waals surface area contributed by atoms with Crippen molar-refractivity contribution in [2.24, 2.45) is 0 Å². The highest BCUT2D eigenvalue weighted by Gasteiger charge is 2.28. The molecule has 2 heterocycles. The lowest BCUT2D eigenvalue weighted by molar-refractivity contribution is 0.581. The summed E-state index contributed by atoms with van der Waals surface area (Å²) in [5.74, 6) is 1.95. The van der Waals surface area contributed by atoms with E-state index in [9.17, 15) is 0 Å². The predicted molar refractivity (Wildman–Crippen MR) is 65.0 cm³/mol. The van der Waals surface area contributed by atoms with Gasteiger partial charge in [0.15, 0.2) is 5.82 Å². The molecule has 4 nitrogen and oxygen atoms in total. The van der Waals surface area contributed by atoms with Crippen LogP contribution in [0, 0.1) is 0 Å². The molecule has 0 bridgehead atoms. The summed E-state index contributed by atoms with van der Waals surface area (Å²) in [6.45, 7) is 6.62. The fraction of sp³-hybridized carbons (Fsp3) is 0.750. The second kappa shape index (κ2) is 4.09. The van der Waals surface area contributed by atoms with Crippen molar-refractivity contribution in [1.82, 2.24) is 15.5 Å². The third-order valence-electron chi connectivity index (χ3n) is 3.94. The number of nitrogens with zero attached hydrogens (tertiary/aromatic N) is 2. The van der Waals surface area contributed by atoms with Crippen LogP contribution < -0.4 is 10.2 Å². The number of rotatable bonds is 2. The first kappa shape index (κ1) is 10.1. The molecule has 0 saturated carbocycles. The van der Waals surface area contributed by atoms with E-state index in [1.54, 1.807) is 0 Å². The Balaban J connectivity index is 1.86. The van der Waals surface area contributed by atoms with Gasteiger partial charge in [-0.2, -0.15) is 5.10 Å². The minimum Gasteiger partial charge on any atom is -0.352 e. The molecule has 3 rings (SSSR count). The van der Waals surface area contributed by atoms with Gasteiger partial charge in [0.25, 0.3) is 0 Å². The van der Waals surface area contributed by atoms with Crippen LogP contribution in [0.5, 0.6) is 0 Å². The Kier molecular flexibility index (Phi) is 2.59. The summed E-state index contributed by atoms with van der Waals surface area (Å²) in [6.07, 6.45) is 3.75. The molecule has 16 heavy (non-hydrogen) atoms. The first-order valence-electron chi connectivity index (χ1n) is 6.43. The lowest BCUT2D eigenvalue weighted by atomic mass is 10.1. The van der Waals surface area contributed by atoms with Crippen molar-refractivity contribution in [1.29, 1.82) is 0 Å². The monoisotopic (exact) mass is 220 g/mol. The molecule has 2 aliphatic rings. The van der Waals surface area contributed by atoms with Crippen molar-refractivity contribution in [3.05, 3.63) is 11.3 Å². The Morgan fingerprint density at radius 2 is 2.19 bits per heavy atom. The fourth-order valence-electron chi connectivity index (χ4n) is 2.96. The van der Waals surface area contributed by atoms with Crippen LogP contribution in [0.3, 0.4) is 0 Å². The first-order chi connectivity index (χ1) is 7.90. The summed E-state index contributed by atoms with van der Waals surface area (Å²) in [7, 11) is 0. The molecule has 1 aromatic heterocycles. The number of hydrogen-bond donors (Lipinski definition) is 2. The molecule has 4 heteroatoms. The lowest BCUT2D eigenvalue weighted by Gasteiger charge is -2.28. The number of piperazine rings is 1. The van der Waals surface area contributed by atoms with Crippen LogP contribution in [0.15, 0.2) is 0 Å². The molecule has 2 N–H and O–H groups in total. The van der Waals surface area contributed by atoms with Gasteiger partial charge in [-0.3, -0.25) is 5.10 Å². The van der Waals surface area contributed by atoms with Crippen molar-refractivity contribution in [3.63, 3.8) is 0 Å². The molecule has 0 spiro atoms. The number of aromatic amines is 1. The minimum absolute atomic E-state index is 0.721. The highest BCUT2D eigenvalue weighted by molar-refractivity contribution is 5.52. The van der Waals surface area contributed by atoms with Crippen molar-refractivity contribution in [2.45, 2.75) is 32.1 Å². The third-order valence-corrected chi connectivity index (χ3v) is 3.94. The Hall–Kier alpha value is -1.03. The molecule has 0 amide bonds. The predicted octanol–water partition coefficient (Wildman–Crippen LogP) is 1.26. The van der Waals surface area contributed by atoms with Gasteiger partial charge in [0.05, 0.1) is 0 Å². The van der Waals surface area contributed by atoms with Gasteiger partial charge in [0, 0.05) is 43.4 Å². The average molecular weight is 220 g/mol. The maximum atomic E-state index is 4.53. The van der Waals surface area contributed by atoms with E-state index in [4.69, 9.17) is 0 Å². The second-order valence-corrected chi connectivity index (χ2v) is 4.82. The highest BCUT2D eigenvalue weighted by Crippen LogP contribution is 2.38. The van der Waals surface area contributed by atoms with Crippen molar-refractivity contribution in [2.75, 3.05) is 31.1 Å². The zero-order chi connectivity index (χ0) is 11.0. The van der Waals surface area contributed by atoms with Gasteiger partial charge in [-0.1, -0.05) is 6.92 Å². The van der Waals surface area contributed by atoms with Gasteiger partial charge >= 0.3 is 0 Å². The fourth-order valence-corrected chi connectivity index (χ4v) is 2.96. The number of hydrogen-bond acceptors (Lipinski definition) is 3. The van der Waals surface area contributed by atoms with Crippen LogP contribution in [0.2, 0.25) is 0 Å². The molecule has 1 saturated heterocycles. The number of fused-ring (bicyclic) bond motifs is 1. The minimum atomic E-state index is 0.721. The van der Waals surface area contributed by atoms with E-state index in [-0.39, 0.29) is 0 Å². The average Bonchev–Trinajstić information content (AvgIpc) is 2.90. The number of nitrogens with one attached hydrogen (secondary N) is 2. The van der Waals surface area contributed by atoms with Crippen molar-refractivity contribution < 1.29 is 0 Å². The van der Waals surface area contributed by atoms with Gasteiger partial charge in [-0.15, -0.1) is 0 Å². The Morgan fingerprint density at radius 1 is 1.38 bits per heavy atom. The quantitative estimate of drug-likeness (QED) is 0.788. The smallest absolute Gasteiger partial charge is 0.153 e. The van der Waals surface area contributed by atoms with Crippen molar-refractivity contribution in [3.8, 4) is 0 Å². The maximum Gasteiger partial charge on any atom is 0.153 e. The van der Waals surface area contributed by atoms with Gasteiger partial charge in [-0.05, 0) is 19.3 Å². The van der Waals surface area contributed by atoms with E-state index in [0.717, 1.165) is 32.1 Å². The van der Waals surface area contributed by atoms with E-state index < -0.39 is 0 Å². The molecular weight excluding hydrogens is 200 g/mol. The number of aromatic nitrogens is 2. The summed E-state index contributed by atoms with van der Waals surface area (Å²) in [6, 6.07) is 0. The normalized spacial score (nSPS) is 24.8. The Labute approximate surface area is 96.4 Å². The van der Waals surface area contributed by atoms with E-state index in [1.807, 2.05) is 0 Å². The lowest BCUT2D eigenvalue weighted by Crippen LogP contribution is -2.44. The molecule has 1 aromatic rings. The Morgan fingerprint density at radius 3 is 2.94 bits per heavy atom. The topological polar surface area (TPSA) is 44.0 Å². The van der Waals surface area contributed by atoms with Gasteiger partial charge in [-0.25, -0.2) is 0 Å². The van der Waals surface area contributed by atoms with Gasteiger partial charge < -0.3 is 10.2 Å². The highest BCUT2D eigenvalue weighted by atomic mass is 15.3. The molecular formula is C12H20N4. The van der Waals surface area contributed by atoms with Crippen molar-refractivity contribution >= 4 is 5.82 Å². The molecule has 1 fully saturated rings. The SMILES string of the molecule is CCC1CCc2c(N3CCNCC3)n[nH]c21. The first-order valence-corrected chi connectivity index (χ1v) is 6.43. The molecule has 1 unspecified atom stereocenters. The molecule has 1 aliphatic carbocycles. The number of H-pyrrole nitrogens is 1. The van der Waals surface area contributed by atoms with Gasteiger partial charge in [0.2, 0.25) is 0 Å². The number of anilines is 1. The second-order valence-electron chi connectivity index (χ2n) is 4.82. The molecule has 88 valence electrons. The van der Waals surface area contributed by atoms with Crippen LogP contribution in [0.1, 0.15) is 36.9 Å². The van der Waals surface area contributed by atoms with Crippen LogP contribution in [-0.4, -0.2) is 36.4 Å².